The van der Waals surface area contributed by atoms with Gasteiger partial charge in [0.2, 0.25) is 0 Å². The van der Waals surface area contributed by atoms with Gasteiger partial charge in [-0.3, -0.25) is 40.5 Å². The van der Waals surface area contributed by atoms with Crippen LogP contribution < -0.4 is 0 Å². The molecule has 0 aromatic heterocycles. The van der Waals surface area contributed by atoms with Gasteiger partial charge in [-0.2, -0.15) is 16.8 Å². The summed E-state index contributed by atoms with van der Waals surface area (Å²) >= 11 is 0. The standard InChI is InChI=1S/C12H6N4O13S2/c17-13(18)7-1-3-9(15(21)22)11(5-7)30(25,26)29-31(27,28)12-6-8(14(19)20)2-4-10(12)16(23)24/h1-6H. The molecule has 0 atom stereocenters. The molecule has 0 unspecified atom stereocenters. The Morgan fingerprint density at radius 2 is 0.903 bits per heavy atom. The van der Waals surface area contributed by atoms with Gasteiger partial charge in [-0.1, -0.05) is 0 Å². The number of nitro benzene ring substituents is 4. The van der Waals surface area contributed by atoms with Crippen LogP contribution in [0.1, 0.15) is 0 Å². The summed E-state index contributed by atoms with van der Waals surface area (Å²) < 4.78 is 53.5. The van der Waals surface area contributed by atoms with Gasteiger partial charge in [0.25, 0.3) is 22.7 Å². The van der Waals surface area contributed by atoms with E-state index >= 15 is 0 Å². The predicted molar refractivity (Wildman–Crippen MR) is 95.0 cm³/mol. The van der Waals surface area contributed by atoms with Crippen LogP contribution in [0, 0.1) is 40.5 Å². The number of rotatable bonds is 8. The summed E-state index contributed by atoms with van der Waals surface area (Å²) in [5, 5.41) is 43.8. The second kappa shape index (κ2) is 7.97. The molecule has 2 aromatic rings. The van der Waals surface area contributed by atoms with Crippen molar-refractivity contribution < 1.29 is 40.2 Å². The molecule has 0 saturated heterocycles. The van der Waals surface area contributed by atoms with E-state index in [4.69, 9.17) is 0 Å². The summed E-state index contributed by atoms with van der Waals surface area (Å²) in [6.07, 6.45) is 0. The van der Waals surface area contributed by atoms with Crippen LogP contribution in [0.25, 0.3) is 0 Å². The molecule has 0 heterocycles. The molecule has 2 rings (SSSR count). The fourth-order valence-corrected chi connectivity index (χ4v) is 4.98. The van der Waals surface area contributed by atoms with Crippen molar-refractivity contribution in [2.24, 2.45) is 0 Å². The average molecular weight is 478 g/mol. The van der Waals surface area contributed by atoms with Crippen LogP contribution in [0.4, 0.5) is 22.7 Å². The van der Waals surface area contributed by atoms with Crippen molar-refractivity contribution in [1.82, 2.24) is 0 Å². The molecule has 0 spiro atoms. The van der Waals surface area contributed by atoms with E-state index in [0.717, 1.165) is 0 Å². The van der Waals surface area contributed by atoms with Gasteiger partial charge in [0.05, 0.1) is 19.7 Å². The largest absolute Gasteiger partial charge is 0.318 e. The van der Waals surface area contributed by atoms with E-state index in [1.165, 1.54) is 0 Å². The van der Waals surface area contributed by atoms with Crippen LogP contribution in [0.5, 0.6) is 0 Å². The quantitative estimate of drug-likeness (QED) is 0.384. The van der Waals surface area contributed by atoms with E-state index < -0.39 is 72.5 Å². The Bertz CT molecular complexity index is 1250. The molecule has 0 aliphatic rings. The minimum absolute atomic E-state index is 0.144. The van der Waals surface area contributed by atoms with Crippen molar-refractivity contribution in [2.45, 2.75) is 9.79 Å². The SMILES string of the molecule is O=[N+]([O-])c1ccc([N+](=O)[O-])c(S(=O)(=O)OS(=O)(=O)c2cc([N+](=O)[O-])ccc2[N+](=O)[O-])c1. The molecule has 0 fully saturated rings. The fraction of sp³-hybridized carbons (Fsp3) is 0. The summed E-state index contributed by atoms with van der Waals surface area (Å²) in [7, 11) is -11.4. The van der Waals surface area contributed by atoms with Crippen molar-refractivity contribution in [1.29, 1.82) is 0 Å². The Morgan fingerprint density at radius 1 is 0.581 bits per heavy atom. The lowest BCUT2D eigenvalue weighted by atomic mass is 10.3. The summed E-state index contributed by atoms with van der Waals surface area (Å²) in [5.74, 6) is 0. The van der Waals surface area contributed by atoms with Crippen molar-refractivity contribution in [3.05, 3.63) is 76.9 Å². The van der Waals surface area contributed by atoms with E-state index in [-0.39, 0.29) is 12.1 Å². The first-order valence-corrected chi connectivity index (χ1v) is 10.1. The highest BCUT2D eigenvalue weighted by Gasteiger charge is 2.38. The monoisotopic (exact) mass is 478 g/mol. The highest BCUT2D eigenvalue weighted by molar-refractivity contribution is 8.00. The topological polar surface area (TPSA) is 250 Å². The average Bonchev–Trinajstić information content (AvgIpc) is 2.65. The fourth-order valence-electron chi connectivity index (χ4n) is 2.13. The van der Waals surface area contributed by atoms with Crippen molar-refractivity contribution in [3.8, 4) is 0 Å². The van der Waals surface area contributed by atoms with Crippen LogP contribution in [0.2, 0.25) is 0 Å². The highest BCUT2D eigenvalue weighted by Crippen LogP contribution is 2.34. The third-order valence-corrected chi connectivity index (χ3v) is 6.58. The Balaban J connectivity index is 2.70. The lowest BCUT2D eigenvalue weighted by Crippen LogP contribution is -2.17. The maximum absolute atomic E-state index is 12.4. The first-order valence-electron chi connectivity index (χ1n) is 7.24. The molecule has 19 heteroatoms. The number of benzene rings is 2. The first-order chi connectivity index (χ1) is 14.2. The molecule has 0 saturated carbocycles. The zero-order valence-electron chi connectivity index (χ0n) is 14.4. The predicted octanol–water partition coefficient (Wildman–Crippen LogP) is 1.41. The Morgan fingerprint density at radius 3 is 1.16 bits per heavy atom. The molecule has 31 heavy (non-hydrogen) atoms. The smallest absolute Gasteiger partial charge is 0.258 e. The van der Waals surface area contributed by atoms with Gasteiger partial charge in [0.15, 0.2) is 9.79 Å². The molecule has 0 amide bonds. The van der Waals surface area contributed by atoms with Crippen molar-refractivity contribution >= 4 is 43.0 Å². The second-order valence-electron chi connectivity index (χ2n) is 5.31. The zero-order valence-corrected chi connectivity index (χ0v) is 16.0. The van der Waals surface area contributed by atoms with E-state index in [1.807, 2.05) is 0 Å². The molecule has 164 valence electrons. The van der Waals surface area contributed by atoms with Gasteiger partial charge in [-0.05, 0) is 0 Å². The van der Waals surface area contributed by atoms with E-state index in [0.29, 0.717) is 24.3 Å². The van der Waals surface area contributed by atoms with Gasteiger partial charge in [-0.25, -0.2) is 0 Å². The molecule has 0 radical (unpaired) electrons. The van der Waals surface area contributed by atoms with Crippen LogP contribution in [0.3, 0.4) is 0 Å². The zero-order chi connectivity index (χ0) is 23.7. The molecule has 0 N–H and O–H groups in total. The molecule has 17 nitrogen and oxygen atoms in total. The van der Waals surface area contributed by atoms with E-state index in [1.54, 1.807) is 0 Å². The minimum Gasteiger partial charge on any atom is -0.258 e. The summed E-state index contributed by atoms with van der Waals surface area (Å²) in [4.78, 5) is 35.8. The highest BCUT2D eigenvalue weighted by atomic mass is 32.3. The summed E-state index contributed by atoms with van der Waals surface area (Å²) in [5.41, 5.74) is -4.55. The lowest BCUT2D eigenvalue weighted by Gasteiger charge is -2.07. The molecule has 2 aromatic carbocycles. The Labute approximate surface area is 170 Å². The van der Waals surface area contributed by atoms with Gasteiger partial charge >= 0.3 is 20.2 Å². The Kier molecular flexibility index (Phi) is 5.96. The van der Waals surface area contributed by atoms with Gasteiger partial charge in [-0.15, -0.1) is 3.63 Å². The van der Waals surface area contributed by atoms with Crippen molar-refractivity contribution in [3.63, 3.8) is 0 Å². The summed E-state index contributed by atoms with van der Waals surface area (Å²) in [6.45, 7) is 0. The number of nitrogens with zero attached hydrogens (tertiary/aromatic N) is 4. The summed E-state index contributed by atoms with van der Waals surface area (Å²) in [6, 6.07) is 2.22. The number of hydrogen-bond acceptors (Lipinski definition) is 13. The number of hydrogen-bond donors (Lipinski definition) is 0. The molecule has 0 aliphatic heterocycles. The van der Waals surface area contributed by atoms with E-state index in [2.05, 4.69) is 3.63 Å². The van der Waals surface area contributed by atoms with Crippen LogP contribution >= 0.6 is 0 Å². The van der Waals surface area contributed by atoms with Gasteiger partial charge < -0.3 is 0 Å². The normalized spacial score (nSPS) is 11.6. The molecular weight excluding hydrogens is 472 g/mol. The molecular formula is C12H6N4O13S2. The maximum Gasteiger partial charge on any atom is 0.318 e. The van der Waals surface area contributed by atoms with E-state index in [9.17, 15) is 57.3 Å². The second-order valence-corrected chi connectivity index (χ2v) is 8.55. The third-order valence-electron chi connectivity index (χ3n) is 3.42. The van der Waals surface area contributed by atoms with Gasteiger partial charge in [0, 0.05) is 36.4 Å². The molecule has 0 bridgehead atoms. The molecule has 0 aliphatic carbocycles. The number of nitro groups is 4. The van der Waals surface area contributed by atoms with Crippen LogP contribution in [0.15, 0.2) is 46.2 Å². The van der Waals surface area contributed by atoms with Crippen LogP contribution in [-0.4, -0.2) is 36.5 Å². The lowest BCUT2D eigenvalue weighted by molar-refractivity contribution is -0.391. The Hall–Kier alpha value is -4.10. The minimum atomic E-state index is -5.70. The van der Waals surface area contributed by atoms with Crippen LogP contribution in [-0.2, 0) is 23.9 Å². The van der Waals surface area contributed by atoms with Crippen molar-refractivity contribution in [2.75, 3.05) is 0 Å². The first kappa shape index (κ1) is 23.2. The maximum atomic E-state index is 12.4. The van der Waals surface area contributed by atoms with Gasteiger partial charge in [0.1, 0.15) is 0 Å². The third kappa shape index (κ3) is 4.73. The number of non-ortho nitro benzene ring substituents is 2.